The normalized spacial score (nSPS) is 23.0. The summed E-state index contributed by atoms with van der Waals surface area (Å²) in [6.07, 6.45) is 3.12. The number of esters is 1. The summed E-state index contributed by atoms with van der Waals surface area (Å²) in [7, 11) is 0. The summed E-state index contributed by atoms with van der Waals surface area (Å²) in [5.41, 5.74) is 2.85. The van der Waals surface area contributed by atoms with Gasteiger partial charge in [-0.2, -0.15) is 0 Å². The molecule has 4 heteroatoms. The molecule has 1 aliphatic heterocycles. The van der Waals surface area contributed by atoms with Crippen LogP contribution in [0.4, 0.5) is 0 Å². The Morgan fingerprint density at radius 1 is 1.33 bits per heavy atom. The van der Waals surface area contributed by atoms with Crippen molar-refractivity contribution in [3.05, 3.63) is 35.4 Å². The van der Waals surface area contributed by atoms with Gasteiger partial charge in [-0.25, -0.2) is 4.79 Å². The van der Waals surface area contributed by atoms with Gasteiger partial charge in [-0.1, -0.05) is 24.3 Å². The molecule has 21 heavy (non-hydrogen) atoms. The van der Waals surface area contributed by atoms with Gasteiger partial charge in [0.15, 0.2) is 0 Å². The van der Waals surface area contributed by atoms with Crippen molar-refractivity contribution in [3.63, 3.8) is 0 Å². The largest absolute Gasteiger partial charge is 0.464 e. The van der Waals surface area contributed by atoms with Gasteiger partial charge in [-0.3, -0.25) is 0 Å². The van der Waals surface area contributed by atoms with Gasteiger partial charge in [0.2, 0.25) is 0 Å². The average Bonchev–Trinajstić information content (AvgIpc) is 2.80. The Balaban J connectivity index is 1.79. The van der Waals surface area contributed by atoms with E-state index in [1.807, 2.05) is 6.92 Å². The molecule has 0 saturated carbocycles. The van der Waals surface area contributed by atoms with Crippen molar-refractivity contribution in [3.8, 4) is 0 Å². The van der Waals surface area contributed by atoms with Crippen LogP contribution < -0.4 is 5.32 Å². The predicted molar refractivity (Wildman–Crippen MR) is 80.3 cm³/mol. The Labute approximate surface area is 125 Å². The molecule has 0 radical (unpaired) electrons. The van der Waals surface area contributed by atoms with E-state index in [-0.39, 0.29) is 24.1 Å². The number of benzene rings is 1. The monoisotopic (exact) mass is 289 g/mol. The lowest BCUT2D eigenvalue weighted by Crippen LogP contribution is -2.47. The van der Waals surface area contributed by atoms with Crippen molar-refractivity contribution < 1.29 is 14.3 Å². The topological polar surface area (TPSA) is 47.6 Å². The number of piperidine rings is 1. The molecule has 0 unspecified atom stereocenters. The maximum absolute atomic E-state index is 11.6. The quantitative estimate of drug-likeness (QED) is 0.859. The Hall–Kier alpha value is -1.39. The fourth-order valence-electron chi connectivity index (χ4n) is 3.81. The number of carbonyl (C=O) groups excluding carboxylic acids is 1. The third-order valence-corrected chi connectivity index (χ3v) is 4.78. The van der Waals surface area contributed by atoms with Crippen LogP contribution >= 0.6 is 0 Å². The minimum Gasteiger partial charge on any atom is -0.464 e. The molecule has 2 aliphatic rings. The zero-order chi connectivity index (χ0) is 14.7. The molecule has 0 amide bonds. The molecule has 0 aromatic heterocycles. The molecule has 1 spiro atoms. The lowest BCUT2D eigenvalue weighted by molar-refractivity contribution is -0.152. The number of hydrogen-bond acceptors (Lipinski definition) is 4. The van der Waals surface area contributed by atoms with Gasteiger partial charge < -0.3 is 14.8 Å². The van der Waals surface area contributed by atoms with Crippen LogP contribution in [0.25, 0.3) is 0 Å². The lowest BCUT2D eigenvalue weighted by Gasteiger charge is -2.39. The number of fused-ring (bicyclic) bond motifs is 2. The van der Waals surface area contributed by atoms with E-state index in [0.717, 1.165) is 32.4 Å². The van der Waals surface area contributed by atoms with Gasteiger partial charge in [-0.15, -0.1) is 0 Å². The molecule has 1 atom stereocenters. The first-order chi connectivity index (χ1) is 10.3. The Kier molecular flexibility index (Phi) is 4.27. The number of carbonyl (C=O) groups is 1. The summed E-state index contributed by atoms with van der Waals surface area (Å²) >= 11 is 0. The molecule has 1 aromatic carbocycles. The van der Waals surface area contributed by atoms with E-state index in [1.165, 1.54) is 11.1 Å². The first-order valence-corrected chi connectivity index (χ1v) is 7.82. The molecule has 1 aromatic rings. The molecular weight excluding hydrogens is 266 g/mol. The predicted octanol–water partition coefficient (Wildman–Crippen LogP) is 1.81. The highest BCUT2D eigenvalue weighted by molar-refractivity contribution is 5.70. The highest BCUT2D eigenvalue weighted by atomic mass is 16.6. The highest BCUT2D eigenvalue weighted by Gasteiger charge is 2.47. The van der Waals surface area contributed by atoms with Crippen LogP contribution in [0.15, 0.2) is 24.3 Å². The molecule has 1 heterocycles. The summed E-state index contributed by atoms with van der Waals surface area (Å²) < 4.78 is 11.0. The minimum absolute atomic E-state index is 0.0572. The SMILES string of the molecule is CCOC(=O)CO[C@H]1Cc2ccccc2C12CCNCC2. The summed E-state index contributed by atoms with van der Waals surface area (Å²) in [5.74, 6) is -0.266. The second-order valence-corrected chi connectivity index (χ2v) is 5.87. The summed E-state index contributed by atoms with van der Waals surface area (Å²) in [6.45, 7) is 4.29. The summed E-state index contributed by atoms with van der Waals surface area (Å²) in [6, 6.07) is 8.61. The van der Waals surface area contributed by atoms with Gasteiger partial charge >= 0.3 is 5.97 Å². The molecule has 114 valence electrons. The average molecular weight is 289 g/mol. The second kappa shape index (κ2) is 6.16. The molecule has 1 aliphatic carbocycles. The Morgan fingerprint density at radius 2 is 2.10 bits per heavy atom. The number of hydrogen-bond donors (Lipinski definition) is 1. The van der Waals surface area contributed by atoms with Crippen molar-refractivity contribution in [1.82, 2.24) is 5.32 Å². The van der Waals surface area contributed by atoms with E-state index < -0.39 is 0 Å². The Morgan fingerprint density at radius 3 is 2.86 bits per heavy atom. The molecule has 0 bridgehead atoms. The highest BCUT2D eigenvalue weighted by Crippen LogP contribution is 2.46. The third-order valence-electron chi connectivity index (χ3n) is 4.78. The van der Waals surface area contributed by atoms with Gasteiger partial charge in [0, 0.05) is 5.41 Å². The zero-order valence-electron chi connectivity index (χ0n) is 12.6. The van der Waals surface area contributed by atoms with Crippen LogP contribution in [0.2, 0.25) is 0 Å². The molecule has 3 rings (SSSR count). The van der Waals surface area contributed by atoms with Gasteiger partial charge in [0.25, 0.3) is 0 Å². The van der Waals surface area contributed by atoms with Gasteiger partial charge in [0.1, 0.15) is 6.61 Å². The van der Waals surface area contributed by atoms with E-state index in [0.29, 0.717) is 6.61 Å². The van der Waals surface area contributed by atoms with E-state index in [1.54, 1.807) is 0 Å². The van der Waals surface area contributed by atoms with Crippen LogP contribution in [0.5, 0.6) is 0 Å². The molecule has 1 N–H and O–H groups in total. The van der Waals surface area contributed by atoms with Crippen LogP contribution in [-0.2, 0) is 26.1 Å². The van der Waals surface area contributed by atoms with E-state index in [4.69, 9.17) is 9.47 Å². The standard InChI is InChI=1S/C17H23NO3/c1-2-20-16(19)12-21-15-11-13-5-3-4-6-14(13)17(15)7-9-18-10-8-17/h3-6,15,18H,2,7-12H2,1H3/t15-/m0/s1. The third kappa shape index (κ3) is 2.70. The number of ether oxygens (including phenoxy) is 2. The maximum atomic E-state index is 11.6. The first-order valence-electron chi connectivity index (χ1n) is 7.82. The van der Waals surface area contributed by atoms with Crippen LogP contribution in [0.1, 0.15) is 30.9 Å². The van der Waals surface area contributed by atoms with Crippen molar-refractivity contribution in [2.45, 2.75) is 37.7 Å². The number of nitrogens with one attached hydrogen (secondary N) is 1. The summed E-state index contributed by atoms with van der Waals surface area (Å²) in [4.78, 5) is 11.6. The van der Waals surface area contributed by atoms with E-state index in [2.05, 4.69) is 29.6 Å². The lowest BCUT2D eigenvalue weighted by atomic mass is 9.72. The fourth-order valence-corrected chi connectivity index (χ4v) is 3.81. The molecular formula is C17H23NO3. The van der Waals surface area contributed by atoms with E-state index in [9.17, 15) is 4.79 Å². The smallest absolute Gasteiger partial charge is 0.332 e. The summed E-state index contributed by atoms with van der Waals surface area (Å²) in [5, 5.41) is 3.43. The number of rotatable bonds is 4. The second-order valence-electron chi connectivity index (χ2n) is 5.87. The van der Waals surface area contributed by atoms with Crippen LogP contribution in [0.3, 0.4) is 0 Å². The maximum Gasteiger partial charge on any atom is 0.332 e. The van der Waals surface area contributed by atoms with Gasteiger partial charge in [-0.05, 0) is 50.4 Å². The zero-order valence-corrected chi connectivity index (χ0v) is 12.6. The van der Waals surface area contributed by atoms with Crippen molar-refractivity contribution in [1.29, 1.82) is 0 Å². The minimum atomic E-state index is -0.266. The van der Waals surface area contributed by atoms with Crippen LogP contribution in [0, 0.1) is 0 Å². The molecule has 1 saturated heterocycles. The molecule has 4 nitrogen and oxygen atoms in total. The van der Waals surface area contributed by atoms with Crippen molar-refractivity contribution in [2.24, 2.45) is 0 Å². The Bertz CT molecular complexity index is 509. The van der Waals surface area contributed by atoms with Crippen LogP contribution in [-0.4, -0.2) is 38.4 Å². The van der Waals surface area contributed by atoms with Crippen molar-refractivity contribution >= 4 is 5.97 Å². The molecule has 1 fully saturated rings. The van der Waals surface area contributed by atoms with Crippen molar-refractivity contribution in [2.75, 3.05) is 26.3 Å². The first kappa shape index (κ1) is 14.5. The van der Waals surface area contributed by atoms with Gasteiger partial charge in [0.05, 0.1) is 12.7 Å². The fraction of sp³-hybridized carbons (Fsp3) is 0.588. The van der Waals surface area contributed by atoms with E-state index >= 15 is 0 Å².